The number of hydrogen-bond donors (Lipinski definition) is 2. The molecule has 1 aliphatic heterocycles. The van der Waals surface area contributed by atoms with Crippen LogP contribution in [0.15, 0.2) is 40.0 Å². The van der Waals surface area contributed by atoms with Gasteiger partial charge in [-0.3, -0.25) is 24.3 Å². The minimum Gasteiger partial charge on any atom is -0.376 e. The number of nitrogens with zero attached hydrogens (tertiary/aromatic N) is 5. The number of amides is 2. The maximum absolute atomic E-state index is 13.8. The van der Waals surface area contributed by atoms with Crippen molar-refractivity contribution in [2.45, 2.75) is 96.6 Å². The Balaban J connectivity index is 1.89. The molecule has 2 aliphatic rings. The summed E-state index contributed by atoms with van der Waals surface area (Å²) in [5.41, 5.74) is -0.713. The molecule has 2 amide bonds. The van der Waals surface area contributed by atoms with Crippen LogP contribution in [0.4, 0.5) is 13.2 Å². The van der Waals surface area contributed by atoms with Gasteiger partial charge in [-0.2, -0.15) is 18.3 Å². The van der Waals surface area contributed by atoms with Gasteiger partial charge >= 0.3 is 6.18 Å². The third-order valence-corrected chi connectivity index (χ3v) is 7.14. The van der Waals surface area contributed by atoms with Gasteiger partial charge in [-0.25, -0.2) is 0 Å². The molecule has 2 unspecified atom stereocenters. The van der Waals surface area contributed by atoms with Crippen molar-refractivity contribution in [3.8, 4) is 0 Å². The third kappa shape index (κ3) is 9.55. The molecule has 3 rings (SSSR count). The van der Waals surface area contributed by atoms with Crippen molar-refractivity contribution in [2.24, 2.45) is 15.9 Å². The fourth-order valence-electron chi connectivity index (χ4n) is 4.84. The second-order valence-corrected chi connectivity index (χ2v) is 11.8. The number of nitrogens with one attached hydrogen (secondary N) is 2. The molecule has 0 radical (unpaired) electrons. The van der Waals surface area contributed by atoms with Crippen LogP contribution >= 0.6 is 0 Å². The molecule has 2 heterocycles. The summed E-state index contributed by atoms with van der Waals surface area (Å²) in [6.07, 6.45) is 6.90. The monoisotopic (exact) mass is 591 g/mol. The average molecular weight is 592 g/mol. The number of alkyl halides is 3. The largest absolute Gasteiger partial charge is 0.435 e. The summed E-state index contributed by atoms with van der Waals surface area (Å²) < 4.78 is 42.6. The first kappa shape index (κ1) is 33.1. The maximum atomic E-state index is 13.8. The zero-order chi connectivity index (χ0) is 31.1. The van der Waals surface area contributed by atoms with E-state index in [-0.39, 0.29) is 36.5 Å². The van der Waals surface area contributed by atoms with Gasteiger partial charge in [0.2, 0.25) is 11.8 Å². The summed E-state index contributed by atoms with van der Waals surface area (Å²) in [6.45, 7) is 8.13. The van der Waals surface area contributed by atoms with Crippen LogP contribution in [0.5, 0.6) is 0 Å². The van der Waals surface area contributed by atoms with Crippen molar-refractivity contribution >= 4 is 23.7 Å². The number of carbonyl (C=O) groups is 2. The molecule has 0 spiro atoms. The molecule has 0 saturated heterocycles. The molecule has 2 atom stereocenters. The van der Waals surface area contributed by atoms with E-state index in [1.807, 2.05) is 44.1 Å². The number of carbonyl (C=O) groups excluding carboxylic acids is 2. The first-order valence-corrected chi connectivity index (χ1v) is 14.6. The highest BCUT2D eigenvalue weighted by molar-refractivity contribution is 6.37. The Bertz CT molecular complexity index is 1230. The van der Waals surface area contributed by atoms with E-state index < -0.39 is 29.4 Å². The molecular formula is C30H44F3N7O2. The smallest absolute Gasteiger partial charge is 0.376 e. The molecule has 2 N–H and O–H groups in total. The van der Waals surface area contributed by atoms with E-state index in [9.17, 15) is 22.8 Å². The molecule has 1 aromatic rings. The number of aliphatic imine (C=N–C) groups is 2. The number of aromatic nitrogens is 2. The Morgan fingerprint density at radius 1 is 1.24 bits per heavy atom. The van der Waals surface area contributed by atoms with Gasteiger partial charge in [-0.05, 0) is 51.2 Å². The normalized spacial score (nSPS) is 17.8. The zero-order valence-corrected chi connectivity index (χ0v) is 25.5. The SMILES string of the molecule is CCCC(CC)N=C(C=NC)c1cc(C(F)(F)F)nn1CC(C)(C)NC(=O)C(CC1=CN(C)CC=C1)NC(=O)C1CC1. The molecule has 0 bridgehead atoms. The second-order valence-electron chi connectivity index (χ2n) is 11.8. The topological polar surface area (TPSA) is 104 Å². The quantitative estimate of drug-likeness (QED) is 0.310. The van der Waals surface area contributed by atoms with Crippen molar-refractivity contribution in [1.29, 1.82) is 0 Å². The molecule has 9 nitrogen and oxygen atoms in total. The van der Waals surface area contributed by atoms with Gasteiger partial charge in [-0.1, -0.05) is 32.4 Å². The van der Waals surface area contributed by atoms with E-state index in [1.54, 1.807) is 13.8 Å². The van der Waals surface area contributed by atoms with Crippen LogP contribution in [-0.2, 0) is 22.3 Å². The number of hydrogen-bond acceptors (Lipinski definition) is 6. The number of rotatable bonds is 14. The molecule has 1 aromatic heterocycles. The predicted octanol–water partition coefficient (Wildman–Crippen LogP) is 4.54. The Kier molecular flexibility index (Phi) is 11.1. The lowest BCUT2D eigenvalue weighted by Gasteiger charge is -2.30. The molecule has 12 heteroatoms. The fourth-order valence-corrected chi connectivity index (χ4v) is 4.84. The van der Waals surface area contributed by atoms with Crippen molar-refractivity contribution in [3.05, 3.63) is 41.4 Å². The lowest BCUT2D eigenvalue weighted by molar-refractivity contribution is -0.141. The average Bonchev–Trinajstić information content (AvgIpc) is 3.67. The highest BCUT2D eigenvalue weighted by Crippen LogP contribution is 2.30. The summed E-state index contributed by atoms with van der Waals surface area (Å²) in [6, 6.07) is 0.0615. The molecular weight excluding hydrogens is 547 g/mol. The first-order valence-electron chi connectivity index (χ1n) is 14.6. The van der Waals surface area contributed by atoms with E-state index in [1.165, 1.54) is 17.9 Å². The van der Waals surface area contributed by atoms with Gasteiger partial charge in [0.15, 0.2) is 5.69 Å². The molecule has 1 aliphatic carbocycles. The van der Waals surface area contributed by atoms with Crippen LogP contribution < -0.4 is 10.6 Å². The van der Waals surface area contributed by atoms with Crippen molar-refractivity contribution in [2.75, 3.05) is 20.6 Å². The van der Waals surface area contributed by atoms with E-state index in [0.29, 0.717) is 5.71 Å². The highest BCUT2D eigenvalue weighted by atomic mass is 19.4. The van der Waals surface area contributed by atoms with Gasteiger partial charge in [0.25, 0.3) is 0 Å². The number of allylic oxidation sites excluding steroid dienone is 1. The van der Waals surface area contributed by atoms with Crippen molar-refractivity contribution < 1.29 is 22.8 Å². The summed E-state index contributed by atoms with van der Waals surface area (Å²) in [7, 11) is 3.46. The Morgan fingerprint density at radius 3 is 2.52 bits per heavy atom. The van der Waals surface area contributed by atoms with Gasteiger partial charge in [0, 0.05) is 45.4 Å². The molecule has 0 aromatic carbocycles. The van der Waals surface area contributed by atoms with Crippen LogP contribution in [0.2, 0.25) is 0 Å². The maximum Gasteiger partial charge on any atom is 0.435 e. The fraction of sp³-hybridized carbons (Fsp3) is 0.633. The standard InChI is InChI=1S/C30H44F3N7O2/c1-7-10-22(8-2)35-24(17-34-5)25-16-26(30(31,32)33)38-40(25)19-29(3,4)37-28(42)23(36-27(41)21-12-13-21)15-20-11-9-14-39(6)18-20/h9,11,16-18,21-23H,7-8,10,12-15,19H2,1-6H3,(H,36,41)(H,37,42). The van der Waals surface area contributed by atoms with Gasteiger partial charge in [0.05, 0.1) is 23.8 Å². The Labute approximate surface area is 246 Å². The van der Waals surface area contributed by atoms with E-state index in [4.69, 9.17) is 4.99 Å². The van der Waals surface area contributed by atoms with Gasteiger partial charge < -0.3 is 15.5 Å². The van der Waals surface area contributed by atoms with Crippen molar-refractivity contribution in [3.63, 3.8) is 0 Å². The van der Waals surface area contributed by atoms with Gasteiger partial charge in [-0.15, -0.1) is 0 Å². The summed E-state index contributed by atoms with van der Waals surface area (Å²) in [5, 5.41) is 9.73. The number of likely N-dealkylation sites (N-methyl/N-ethyl adjacent to an activating group) is 1. The predicted molar refractivity (Wildman–Crippen MR) is 159 cm³/mol. The molecule has 232 valence electrons. The first-order chi connectivity index (χ1) is 19.8. The minimum absolute atomic E-state index is 0.0695. The second kappa shape index (κ2) is 14.2. The van der Waals surface area contributed by atoms with Gasteiger partial charge in [0.1, 0.15) is 11.8 Å². The van der Waals surface area contributed by atoms with Crippen molar-refractivity contribution in [1.82, 2.24) is 25.3 Å². The third-order valence-electron chi connectivity index (χ3n) is 7.14. The molecule has 1 saturated carbocycles. The lowest BCUT2D eigenvalue weighted by Crippen LogP contribution is -2.55. The summed E-state index contributed by atoms with van der Waals surface area (Å²) >= 11 is 0. The lowest BCUT2D eigenvalue weighted by atomic mass is 10.0. The number of halogens is 3. The van der Waals surface area contributed by atoms with E-state index >= 15 is 0 Å². The van der Waals surface area contributed by atoms with E-state index in [0.717, 1.165) is 50.3 Å². The Hall–Kier alpha value is -3.44. The highest BCUT2D eigenvalue weighted by Gasteiger charge is 2.37. The molecule has 1 fully saturated rings. The van der Waals surface area contributed by atoms with Crippen LogP contribution in [0.25, 0.3) is 0 Å². The summed E-state index contributed by atoms with van der Waals surface area (Å²) in [4.78, 5) is 37.0. The van der Waals surface area contributed by atoms with E-state index in [2.05, 4.69) is 20.7 Å². The van der Waals surface area contributed by atoms with Crippen LogP contribution in [0, 0.1) is 5.92 Å². The Morgan fingerprint density at radius 2 is 1.95 bits per heavy atom. The molecule has 42 heavy (non-hydrogen) atoms. The minimum atomic E-state index is -4.66. The van der Waals surface area contributed by atoms with Crippen LogP contribution in [0.1, 0.15) is 77.6 Å². The van der Waals surface area contributed by atoms with Crippen LogP contribution in [0.3, 0.4) is 0 Å². The van der Waals surface area contributed by atoms with Crippen LogP contribution in [-0.4, -0.2) is 76.7 Å². The zero-order valence-electron chi connectivity index (χ0n) is 25.5. The summed E-state index contributed by atoms with van der Waals surface area (Å²) in [5.74, 6) is -0.667.